The van der Waals surface area contributed by atoms with Gasteiger partial charge in [0.05, 0.1) is 0 Å². The van der Waals surface area contributed by atoms with Crippen LogP contribution in [0.2, 0.25) is 0 Å². The van der Waals surface area contributed by atoms with Gasteiger partial charge in [0.1, 0.15) is 0 Å². The maximum atomic E-state index is 4.35. The van der Waals surface area contributed by atoms with Crippen LogP contribution in [0.1, 0.15) is 0 Å². The minimum Gasteiger partial charge on any atom is -0.265 e. The van der Waals surface area contributed by atoms with E-state index in [0.717, 1.165) is 0 Å². The van der Waals surface area contributed by atoms with Gasteiger partial charge in [-0.1, -0.05) is 0 Å². The van der Waals surface area contributed by atoms with Crippen LogP contribution >= 0.6 is 0 Å². The lowest BCUT2D eigenvalue weighted by atomic mass is 10.5. The number of hydrogen-bond acceptors (Lipinski definition) is 10. The van der Waals surface area contributed by atoms with Gasteiger partial charge in [-0.15, -0.1) is 0 Å². The molecular weight excluding hydrogens is 308 g/mol. The zero-order chi connectivity index (χ0) is 15.9. The van der Waals surface area contributed by atoms with Gasteiger partial charge in [0.25, 0.3) is 0 Å². The average molecular weight is 316 g/mol. The van der Waals surface area contributed by atoms with Crippen LogP contribution in [0.3, 0.4) is 0 Å². The molecular formula is C14H8N10. The standard InChI is InChI=1S/C14H8N10/c1-2-8-15-7(1)16-9-3-5-11(18-9)20-13-22-14(24-23-13)21-12-6-4-10(17-8)19-12/h1-6H,(H2,15,16,17,18,19,20,21,22,23,24). The second kappa shape index (κ2) is 4.84. The van der Waals surface area contributed by atoms with Crippen LogP contribution in [0.25, 0.3) is 0 Å². The first-order valence-corrected chi connectivity index (χ1v) is 7.06. The Hall–Kier alpha value is -3.82. The molecule has 0 atom stereocenters. The first-order chi connectivity index (χ1) is 11.8. The van der Waals surface area contributed by atoms with Crippen LogP contribution < -0.4 is 10.9 Å². The van der Waals surface area contributed by atoms with Crippen LogP contribution in [-0.4, -0.2) is 46.9 Å². The Morgan fingerprint density at radius 2 is 0.708 bits per heavy atom. The van der Waals surface area contributed by atoms with E-state index in [1.165, 1.54) is 0 Å². The molecule has 10 nitrogen and oxygen atoms in total. The Balaban J connectivity index is 1.64. The van der Waals surface area contributed by atoms with E-state index in [2.05, 4.69) is 50.8 Å². The van der Waals surface area contributed by atoms with Crippen molar-refractivity contribution in [1.82, 2.24) is 10.9 Å². The van der Waals surface area contributed by atoms with Crippen LogP contribution in [0, 0.1) is 0 Å². The second-order valence-corrected chi connectivity index (χ2v) is 4.94. The number of nitrogens with one attached hydrogen (secondary N) is 2. The molecule has 0 saturated heterocycles. The number of hydrogen-bond donors (Lipinski definition) is 2. The van der Waals surface area contributed by atoms with E-state index in [9.17, 15) is 0 Å². The first-order valence-electron chi connectivity index (χ1n) is 7.06. The number of aliphatic imine (C=N–C) groups is 8. The lowest BCUT2D eigenvalue weighted by molar-refractivity contribution is 0.890. The fourth-order valence-corrected chi connectivity index (χ4v) is 2.22. The first kappa shape index (κ1) is 12.7. The van der Waals surface area contributed by atoms with E-state index >= 15 is 0 Å². The summed E-state index contributed by atoms with van der Waals surface area (Å²) in [6.07, 6.45) is 10.5. The molecule has 5 aliphatic heterocycles. The summed E-state index contributed by atoms with van der Waals surface area (Å²) < 4.78 is 0. The van der Waals surface area contributed by atoms with Gasteiger partial charge in [0.15, 0.2) is 35.0 Å². The summed E-state index contributed by atoms with van der Waals surface area (Å²) in [6, 6.07) is 0. The molecule has 0 saturated carbocycles. The minimum absolute atomic E-state index is 0.357. The fourth-order valence-electron chi connectivity index (χ4n) is 2.22. The Bertz CT molecular complexity index is 991. The predicted octanol–water partition coefficient (Wildman–Crippen LogP) is -0.0798. The van der Waals surface area contributed by atoms with E-state index in [0.29, 0.717) is 46.9 Å². The van der Waals surface area contributed by atoms with Crippen LogP contribution in [0.15, 0.2) is 76.4 Å². The lowest BCUT2D eigenvalue weighted by Gasteiger charge is -1.95. The third kappa shape index (κ3) is 2.31. The van der Waals surface area contributed by atoms with Crippen molar-refractivity contribution in [3.8, 4) is 0 Å². The van der Waals surface area contributed by atoms with Crippen molar-refractivity contribution in [1.29, 1.82) is 0 Å². The molecule has 0 spiro atoms. The second-order valence-electron chi connectivity index (χ2n) is 4.94. The molecule has 0 unspecified atom stereocenters. The number of amidine groups is 6. The molecule has 8 bridgehead atoms. The van der Waals surface area contributed by atoms with Gasteiger partial charge in [-0.3, -0.25) is 10.9 Å². The fraction of sp³-hybridized carbons (Fsp3) is 0. The summed E-state index contributed by atoms with van der Waals surface area (Å²) in [5, 5.41) is 0. The maximum Gasteiger partial charge on any atom is 0.247 e. The smallest absolute Gasteiger partial charge is 0.247 e. The molecule has 0 aliphatic carbocycles. The van der Waals surface area contributed by atoms with Crippen molar-refractivity contribution in [2.45, 2.75) is 0 Å². The van der Waals surface area contributed by atoms with Gasteiger partial charge in [-0.2, -0.15) is 15.0 Å². The largest absolute Gasteiger partial charge is 0.265 e. The summed E-state index contributed by atoms with van der Waals surface area (Å²) in [5.74, 6) is 3.76. The molecule has 0 radical (unpaired) electrons. The van der Waals surface area contributed by atoms with Gasteiger partial charge in [-0.25, -0.2) is 25.0 Å². The number of hydrazine groups is 1. The van der Waals surface area contributed by atoms with Crippen LogP contribution in [0.5, 0.6) is 0 Å². The summed E-state index contributed by atoms with van der Waals surface area (Å²) in [4.78, 5) is 34.4. The third-order valence-electron chi connectivity index (χ3n) is 3.23. The number of fused-ring (bicyclic) bond motifs is 4. The molecule has 10 heteroatoms. The average Bonchev–Trinajstić information content (AvgIpc) is 3.32. The molecule has 5 rings (SSSR count). The van der Waals surface area contributed by atoms with Crippen LogP contribution in [0.4, 0.5) is 0 Å². The van der Waals surface area contributed by atoms with E-state index in [1.54, 1.807) is 36.5 Å². The molecule has 24 heavy (non-hydrogen) atoms. The number of rotatable bonds is 0. The Morgan fingerprint density at radius 3 is 1.17 bits per heavy atom. The Labute approximate surface area is 135 Å². The van der Waals surface area contributed by atoms with Crippen molar-refractivity contribution in [2.75, 3.05) is 0 Å². The summed E-state index contributed by atoms with van der Waals surface area (Å²) in [7, 11) is 0. The molecule has 5 heterocycles. The Morgan fingerprint density at radius 1 is 0.375 bits per heavy atom. The highest BCUT2D eigenvalue weighted by molar-refractivity contribution is 6.26. The van der Waals surface area contributed by atoms with E-state index in [4.69, 9.17) is 0 Å². The topological polar surface area (TPSA) is 123 Å². The molecule has 5 aliphatic rings. The van der Waals surface area contributed by atoms with Crippen molar-refractivity contribution >= 4 is 46.9 Å². The zero-order valence-corrected chi connectivity index (χ0v) is 12.0. The third-order valence-corrected chi connectivity index (χ3v) is 3.23. The van der Waals surface area contributed by atoms with E-state index in [-0.39, 0.29) is 0 Å². The number of guanidine groups is 2. The van der Waals surface area contributed by atoms with Crippen LogP contribution in [-0.2, 0) is 0 Å². The highest BCUT2D eigenvalue weighted by atomic mass is 15.5. The van der Waals surface area contributed by atoms with E-state index in [1.807, 2.05) is 0 Å². The summed E-state index contributed by atoms with van der Waals surface area (Å²) in [5.41, 5.74) is 5.64. The van der Waals surface area contributed by atoms with Crippen molar-refractivity contribution in [3.63, 3.8) is 0 Å². The highest BCUT2D eigenvalue weighted by Gasteiger charge is 2.16. The van der Waals surface area contributed by atoms with E-state index < -0.39 is 0 Å². The quantitative estimate of drug-likeness (QED) is 0.649. The minimum atomic E-state index is 0.357. The maximum absolute atomic E-state index is 4.35. The highest BCUT2D eigenvalue weighted by Crippen LogP contribution is 2.08. The monoisotopic (exact) mass is 316 g/mol. The van der Waals surface area contributed by atoms with Gasteiger partial charge in [0.2, 0.25) is 11.9 Å². The van der Waals surface area contributed by atoms with Crippen molar-refractivity contribution < 1.29 is 0 Å². The molecule has 0 aromatic carbocycles. The molecule has 0 fully saturated rings. The summed E-state index contributed by atoms with van der Waals surface area (Å²) in [6.45, 7) is 0. The zero-order valence-electron chi connectivity index (χ0n) is 12.0. The molecule has 0 amide bonds. The summed E-state index contributed by atoms with van der Waals surface area (Å²) >= 11 is 0. The Kier molecular flexibility index (Phi) is 2.56. The molecule has 2 N–H and O–H groups in total. The van der Waals surface area contributed by atoms with Gasteiger partial charge in [-0.05, 0) is 36.5 Å². The molecule has 0 aromatic heterocycles. The predicted molar refractivity (Wildman–Crippen MR) is 93.2 cm³/mol. The van der Waals surface area contributed by atoms with Crippen molar-refractivity contribution in [3.05, 3.63) is 36.5 Å². The van der Waals surface area contributed by atoms with Gasteiger partial charge in [0, 0.05) is 0 Å². The normalized spacial score (nSPS) is 22.7. The lowest BCUT2D eigenvalue weighted by Crippen LogP contribution is -2.32. The number of nitrogens with zero attached hydrogens (tertiary/aromatic N) is 8. The van der Waals surface area contributed by atoms with Crippen molar-refractivity contribution in [2.24, 2.45) is 39.9 Å². The van der Waals surface area contributed by atoms with Gasteiger partial charge < -0.3 is 0 Å². The molecule has 114 valence electrons. The molecule has 0 aromatic rings. The SMILES string of the molecule is C1=CC2=NC3=NC(=NC4=NC(=NC5=NC(=NC1=N2)C=C5)NN4)C=C3. The van der Waals surface area contributed by atoms with Gasteiger partial charge >= 0.3 is 0 Å².